The summed E-state index contributed by atoms with van der Waals surface area (Å²) in [6, 6.07) is 3.87. The summed E-state index contributed by atoms with van der Waals surface area (Å²) in [6.07, 6.45) is 1.51. The van der Waals surface area contributed by atoms with Crippen LogP contribution in [0.15, 0.2) is 31.0 Å². The number of carbonyl (C=O) groups excluding carboxylic acids is 2. The minimum atomic E-state index is -2.09. The molecule has 2 amide bonds. The molecule has 1 aromatic carbocycles. The molecule has 0 saturated carbocycles. The molecule has 1 unspecified atom stereocenters. The van der Waals surface area contributed by atoms with Crippen LogP contribution in [0.3, 0.4) is 0 Å². The summed E-state index contributed by atoms with van der Waals surface area (Å²) in [5.74, 6) is -1.96. The van der Waals surface area contributed by atoms with E-state index in [-0.39, 0.29) is 24.5 Å². The van der Waals surface area contributed by atoms with Gasteiger partial charge in [-0.25, -0.2) is 4.39 Å². The zero-order chi connectivity index (χ0) is 17.7. The van der Waals surface area contributed by atoms with Crippen LogP contribution in [-0.2, 0) is 16.1 Å². The van der Waals surface area contributed by atoms with Crippen LogP contribution in [0.5, 0.6) is 0 Å². The summed E-state index contributed by atoms with van der Waals surface area (Å²) in [5, 5.41) is 15.9. The number of aliphatic hydroxyl groups is 1. The second kappa shape index (κ2) is 7.63. The maximum atomic E-state index is 13.3. The number of halogens is 2. The lowest BCUT2D eigenvalue weighted by atomic mass is 10.0. The number of likely N-dealkylation sites (tertiary alicyclic amines) is 1. The molecule has 24 heavy (non-hydrogen) atoms. The van der Waals surface area contributed by atoms with E-state index in [0.717, 1.165) is 6.07 Å². The Labute approximate surface area is 144 Å². The molecule has 3 N–H and O–H groups in total. The lowest BCUT2D eigenvalue weighted by Crippen LogP contribution is -2.52. The Morgan fingerprint density at radius 2 is 2.25 bits per heavy atom. The van der Waals surface area contributed by atoms with Crippen LogP contribution in [0.2, 0.25) is 5.02 Å². The van der Waals surface area contributed by atoms with Gasteiger partial charge >= 0.3 is 0 Å². The highest BCUT2D eigenvalue weighted by Gasteiger charge is 2.50. The van der Waals surface area contributed by atoms with Crippen molar-refractivity contribution in [2.45, 2.75) is 18.6 Å². The van der Waals surface area contributed by atoms with Crippen LogP contribution in [0.1, 0.15) is 12.0 Å². The van der Waals surface area contributed by atoms with Crippen molar-refractivity contribution in [2.24, 2.45) is 0 Å². The van der Waals surface area contributed by atoms with Gasteiger partial charge in [0.25, 0.3) is 11.8 Å². The van der Waals surface area contributed by atoms with Crippen molar-refractivity contribution in [3.63, 3.8) is 0 Å². The van der Waals surface area contributed by atoms with Crippen molar-refractivity contribution in [3.05, 3.63) is 47.4 Å². The van der Waals surface area contributed by atoms with Gasteiger partial charge in [0, 0.05) is 37.6 Å². The first-order valence-electron chi connectivity index (χ1n) is 7.46. The first-order chi connectivity index (χ1) is 11.4. The highest BCUT2D eigenvalue weighted by atomic mass is 35.5. The van der Waals surface area contributed by atoms with E-state index in [1.54, 1.807) is 0 Å². The molecule has 0 aliphatic carbocycles. The molecule has 6 nitrogen and oxygen atoms in total. The monoisotopic (exact) mass is 355 g/mol. The Morgan fingerprint density at radius 3 is 2.92 bits per heavy atom. The highest BCUT2D eigenvalue weighted by molar-refractivity contribution is 6.30. The topological polar surface area (TPSA) is 81.7 Å². The van der Waals surface area contributed by atoms with Gasteiger partial charge < -0.3 is 20.6 Å². The van der Waals surface area contributed by atoms with Crippen molar-refractivity contribution in [3.8, 4) is 0 Å². The van der Waals surface area contributed by atoms with E-state index >= 15 is 0 Å². The third-order valence-electron chi connectivity index (χ3n) is 3.81. The van der Waals surface area contributed by atoms with Gasteiger partial charge in [0.1, 0.15) is 5.82 Å². The Kier molecular flexibility index (Phi) is 5.80. The Bertz CT molecular complexity index is 635. The van der Waals surface area contributed by atoms with Crippen molar-refractivity contribution in [1.82, 2.24) is 15.5 Å². The van der Waals surface area contributed by atoms with Crippen LogP contribution in [0.4, 0.5) is 4.39 Å². The van der Waals surface area contributed by atoms with Gasteiger partial charge in [0.05, 0.1) is 0 Å². The molecular formula is C16H19ClFN3O3. The van der Waals surface area contributed by atoms with Crippen LogP contribution < -0.4 is 10.6 Å². The minimum Gasteiger partial charge on any atom is -0.390 e. The molecule has 1 saturated heterocycles. The molecule has 0 aromatic heterocycles. The minimum absolute atomic E-state index is 0.00959. The fourth-order valence-electron chi connectivity index (χ4n) is 2.53. The fourth-order valence-corrected chi connectivity index (χ4v) is 2.78. The predicted molar refractivity (Wildman–Crippen MR) is 87.6 cm³/mol. The van der Waals surface area contributed by atoms with Gasteiger partial charge in [-0.15, -0.1) is 0 Å². The van der Waals surface area contributed by atoms with Gasteiger partial charge in [0.2, 0.25) is 5.60 Å². The van der Waals surface area contributed by atoms with E-state index in [4.69, 9.17) is 11.6 Å². The molecule has 1 atom stereocenters. The van der Waals surface area contributed by atoms with E-state index in [9.17, 15) is 19.1 Å². The lowest BCUT2D eigenvalue weighted by Gasteiger charge is -2.21. The van der Waals surface area contributed by atoms with E-state index in [1.807, 2.05) is 0 Å². The third-order valence-corrected chi connectivity index (χ3v) is 4.02. The van der Waals surface area contributed by atoms with Crippen LogP contribution >= 0.6 is 11.6 Å². The second-order valence-electron chi connectivity index (χ2n) is 5.52. The number of carbonyl (C=O) groups is 2. The second-order valence-corrected chi connectivity index (χ2v) is 5.96. The molecule has 1 aromatic rings. The highest BCUT2D eigenvalue weighted by Crippen LogP contribution is 2.23. The zero-order valence-corrected chi connectivity index (χ0v) is 13.8. The molecule has 1 heterocycles. The van der Waals surface area contributed by atoms with E-state index in [1.165, 1.54) is 23.2 Å². The summed E-state index contributed by atoms with van der Waals surface area (Å²) >= 11 is 5.75. The van der Waals surface area contributed by atoms with Crippen molar-refractivity contribution in [2.75, 3.05) is 19.6 Å². The van der Waals surface area contributed by atoms with Gasteiger partial charge in [0.15, 0.2) is 0 Å². The van der Waals surface area contributed by atoms with Gasteiger partial charge in [-0.2, -0.15) is 0 Å². The molecule has 1 aliphatic rings. The standard InChI is InChI=1S/C16H19ClFN3O3/c1-2-19-4-6-21-5-3-16(24,15(21)23)14(22)20-10-11-7-12(17)9-13(18)8-11/h2,7-9,19,24H,1,3-6,10H2,(H,20,22). The number of nitrogens with zero attached hydrogens (tertiary/aromatic N) is 1. The van der Waals surface area contributed by atoms with Crippen molar-refractivity contribution in [1.29, 1.82) is 0 Å². The number of hydrogen-bond donors (Lipinski definition) is 3. The molecule has 2 rings (SSSR count). The average Bonchev–Trinajstić information content (AvgIpc) is 2.81. The molecule has 1 aliphatic heterocycles. The first kappa shape index (κ1) is 18.2. The summed E-state index contributed by atoms with van der Waals surface area (Å²) in [5.41, 5.74) is -1.65. The van der Waals surface area contributed by atoms with Gasteiger partial charge in [-0.05, 0) is 30.0 Å². The molecule has 0 radical (unpaired) electrons. The smallest absolute Gasteiger partial charge is 0.264 e. The summed E-state index contributed by atoms with van der Waals surface area (Å²) in [4.78, 5) is 25.9. The molecule has 130 valence electrons. The van der Waals surface area contributed by atoms with Gasteiger partial charge in [-0.3, -0.25) is 9.59 Å². The Balaban J connectivity index is 1.96. The Morgan fingerprint density at radius 1 is 1.50 bits per heavy atom. The largest absolute Gasteiger partial charge is 0.390 e. The van der Waals surface area contributed by atoms with Gasteiger partial charge in [-0.1, -0.05) is 18.2 Å². The third kappa shape index (κ3) is 4.04. The maximum Gasteiger partial charge on any atom is 0.264 e. The molecule has 1 fully saturated rings. The quantitative estimate of drug-likeness (QED) is 0.499. The maximum absolute atomic E-state index is 13.3. The summed E-state index contributed by atoms with van der Waals surface area (Å²) in [6.45, 7) is 4.59. The molecule has 0 spiro atoms. The lowest BCUT2D eigenvalue weighted by molar-refractivity contribution is -0.154. The van der Waals surface area contributed by atoms with E-state index < -0.39 is 23.2 Å². The zero-order valence-electron chi connectivity index (χ0n) is 13.0. The number of amides is 2. The molecule has 0 bridgehead atoms. The normalized spacial score (nSPS) is 20.1. The van der Waals surface area contributed by atoms with Crippen LogP contribution in [-0.4, -0.2) is 47.1 Å². The first-order valence-corrected chi connectivity index (χ1v) is 7.84. The molecule has 8 heteroatoms. The predicted octanol–water partition coefficient (Wildman–Crippen LogP) is 0.792. The number of rotatable bonds is 7. The van der Waals surface area contributed by atoms with Crippen molar-refractivity contribution >= 4 is 23.4 Å². The van der Waals surface area contributed by atoms with Crippen LogP contribution in [0.25, 0.3) is 0 Å². The summed E-state index contributed by atoms with van der Waals surface area (Å²) in [7, 11) is 0. The van der Waals surface area contributed by atoms with Crippen molar-refractivity contribution < 1.29 is 19.1 Å². The number of benzene rings is 1. The Hall–Kier alpha value is -2.12. The molecular weight excluding hydrogens is 337 g/mol. The van der Waals surface area contributed by atoms with E-state index in [0.29, 0.717) is 18.7 Å². The average molecular weight is 356 g/mol. The number of nitrogens with one attached hydrogen (secondary N) is 2. The summed E-state index contributed by atoms with van der Waals surface area (Å²) < 4.78 is 13.3. The van der Waals surface area contributed by atoms with E-state index in [2.05, 4.69) is 17.2 Å². The van der Waals surface area contributed by atoms with Crippen LogP contribution in [0, 0.1) is 5.82 Å². The SMILES string of the molecule is C=CNCCN1CCC(O)(C(=O)NCc2cc(F)cc(Cl)c2)C1=O. The fraction of sp³-hybridized carbons (Fsp3) is 0.375. The number of hydrogen-bond acceptors (Lipinski definition) is 4.